The van der Waals surface area contributed by atoms with E-state index in [4.69, 9.17) is 9.84 Å². The number of nitrogens with one attached hydrogen (secondary N) is 1. The van der Waals surface area contributed by atoms with Crippen molar-refractivity contribution in [3.63, 3.8) is 0 Å². The van der Waals surface area contributed by atoms with Gasteiger partial charge in [0.05, 0.1) is 7.11 Å². The maximum absolute atomic E-state index is 11.1. The largest absolute Gasteiger partial charge is 0.497 e. The number of benzene rings is 1. The minimum absolute atomic E-state index is 0.422. The summed E-state index contributed by atoms with van der Waals surface area (Å²) in [5, 5.41) is 11.9. The molecule has 0 aromatic heterocycles. The van der Waals surface area contributed by atoms with E-state index in [1.54, 1.807) is 14.2 Å². The first kappa shape index (κ1) is 14.7. The molecule has 1 aromatic carbocycles. The standard InChI is InChI=1S/C15H22N2O3/c1-16-14(15(18)19)9-11-7-8-17(10-11)12-3-5-13(20-2)6-4-12/h3-6,11,14,16H,7-10H2,1-2H3,(H,18,19). The van der Waals surface area contributed by atoms with Gasteiger partial charge in [-0.2, -0.15) is 0 Å². The van der Waals surface area contributed by atoms with Crippen molar-refractivity contribution < 1.29 is 14.6 Å². The summed E-state index contributed by atoms with van der Waals surface area (Å²) in [6, 6.07) is 7.56. The van der Waals surface area contributed by atoms with Crippen LogP contribution in [0.5, 0.6) is 5.75 Å². The Labute approximate surface area is 119 Å². The van der Waals surface area contributed by atoms with E-state index in [1.165, 1.54) is 5.69 Å². The molecule has 0 spiro atoms. The predicted octanol–water partition coefficient (Wildman–Crippen LogP) is 1.58. The van der Waals surface area contributed by atoms with Crippen LogP contribution in [0.3, 0.4) is 0 Å². The lowest BCUT2D eigenvalue weighted by Gasteiger charge is -2.20. The molecular weight excluding hydrogens is 256 g/mol. The van der Waals surface area contributed by atoms with Crippen LogP contribution >= 0.6 is 0 Å². The number of carboxylic acids is 1. The average Bonchev–Trinajstić information content (AvgIpc) is 2.93. The van der Waals surface area contributed by atoms with Crippen molar-refractivity contribution in [1.82, 2.24) is 5.32 Å². The molecule has 1 aromatic rings. The first-order valence-electron chi connectivity index (χ1n) is 6.93. The maximum atomic E-state index is 11.1. The normalized spacial score (nSPS) is 19.9. The highest BCUT2D eigenvalue weighted by Crippen LogP contribution is 2.27. The van der Waals surface area contributed by atoms with Crippen LogP contribution in [0.15, 0.2) is 24.3 Å². The van der Waals surface area contributed by atoms with E-state index in [0.29, 0.717) is 12.3 Å². The Balaban J connectivity index is 1.92. The van der Waals surface area contributed by atoms with Gasteiger partial charge < -0.3 is 20.1 Å². The molecule has 0 bridgehead atoms. The smallest absolute Gasteiger partial charge is 0.320 e. The monoisotopic (exact) mass is 278 g/mol. The molecule has 2 N–H and O–H groups in total. The number of methoxy groups -OCH3 is 1. The van der Waals surface area contributed by atoms with Crippen molar-refractivity contribution >= 4 is 11.7 Å². The highest BCUT2D eigenvalue weighted by atomic mass is 16.5. The molecule has 1 aliphatic heterocycles. The van der Waals surface area contributed by atoms with E-state index >= 15 is 0 Å². The van der Waals surface area contributed by atoms with E-state index in [0.717, 1.165) is 25.3 Å². The molecule has 110 valence electrons. The second-order valence-electron chi connectivity index (χ2n) is 5.21. The molecule has 1 aliphatic rings. The van der Waals surface area contributed by atoms with Crippen molar-refractivity contribution in [3.8, 4) is 5.75 Å². The zero-order valence-corrected chi connectivity index (χ0v) is 12.0. The van der Waals surface area contributed by atoms with Gasteiger partial charge in [-0.1, -0.05) is 0 Å². The molecule has 5 heteroatoms. The molecule has 2 unspecified atom stereocenters. The summed E-state index contributed by atoms with van der Waals surface area (Å²) < 4.78 is 5.15. The molecule has 1 fully saturated rings. The highest BCUT2D eigenvalue weighted by Gasteiger charge is 2.27. The van der Waals surface area contributed by atoms with E-state index in [2.05, 4.69) is 10.2 Å². The highest BCUT2D eigenvalue weighted by molar-refractivity contribution is 5.73. The Morgan fingerprint density at radius 3 is 2.75 bits per heavy atom. The number of carboxylic acid groups (broad SMARTS) is 1. The van der Waals surface area contributed by atoms with Crippen molar-refractivity contribution in [2.45, 2.75) is 18.9 Å². The van der Waals surface area contributed by atoms with Crippen LogP contribution in [-0.2, 0) is 4.79 Å². The molecule has 0 aliphatic carbocycles. The molecule has 1 saturated heterocycles. The lowest BCUT2D eigenvalue weighted by molar-refractivity contribution is -0.139. The summed E-state index contributed by atoms with van der Waals surface area (Å²) in [7, 11) is 3.36. The van der Waals surface area contributed by atoms with E-state index in [1.807, 2.05) is 24.3 Å². The van der Waals surface area contributed by atoms with Crippen molar-refractivity contribution in [3.05, 3.63) is 24.3 Å². The third-order valence-electron chi connectivity index (χ3n) is 3.94. The summed E-state index contributed by atoms with van der Waals surface area (Å²) in [6.45, 7) is 1.89. The predicted molar refractivity (Wildman–Crippen MR) is 78.4 cm³/mol. The molecular formula is C15H22N2O3. The molecule has 0 amide bonds. The molecule has 0 saturated carbocycles. The topological polar surface area (TPSA) is 61.8 Å². The Morgan fingerprint density at radius 1 is 1.50 bits per heavy atom. The van der Waals surface area contributed by atoms with Gasteiger partial charge in [-0.3, -0.25) is 4.79 Å². The summed E-state index contributed by atoms with van der Waals surface area (Å²) in [5.74, 6) is 0.506. The van der Waals surface area contributed by atoms with Crippen LogP contribution in [0.1, 0.15) is 12.8 Å². The van der Waals surface area contributed by atoms with Gasteiger partial charge in [0.1, 0.15) is 11.8 Å². The molecule has 2 atom stereocenters. The fourth-order valence-electron chi connectivity index (χ4n) is 2.73. The van der Waals surface area contributed by atoms with Crippen LogP contribution in [0, 0.1) is 5.92 Å². The second kappa shape index (κ2) is 6.61. The zero-order valence-electron chi connectivity index (χ0n) is 12.0. The third kappa shape index (κ3) is 3.42. The van der Waals surface area contributed by atoms with Gasteiger partial charge in [0, 0.05) is 18.8 Å². The zero-order chi connectivity index (χ0) is 14.5. The number of hydrogen-bond donors (Lipinski definition) is 2. The van der Waals surface area contributed by atoms with Gasteiger partial charge in [-0.25, -0.2) is 0 Å². The Morgan fingerprint density at radius 2 is 2.20 bits per heavy atom. The Bertz CT molecular complexity index is 447. The lowest BCUT2D eigenvalue weighted by atomic mass is 9.99. The molecule has 5 nitrogen and oxygen atoms in total. The minimum Gasteiger partial charge on any atom is -0.497 e. The van der Waals surface area contributed by atoms with Crippen LogP contribution < -0.4 is 15.0 Å². The number of nitrogens with zero attached hydrogens (tertiary/aromatic N) is 1. The van der Waals surface area contributed by atoms with Crippen molar-refractivity contribution in [1.29, 1.82) is 0 Å². The molecule has 1 heterocycles. The van der Waals surface area contributed by atoms with E-state index in [-0.39, 0.29) is 0 Å². The van der Waals surface area contributed by atoms with Crippen LogP contribution in [-0.4, -0.2) is 44.4 Å². The minimum atomic E-state index is -0.768. The quantitative estimate of drug-likeness (QED) is 0.827. The van der Waals surface area contributed by atoms with Gasteiger partial charge in [-0.15, -0.1) is 0 Å². The van der Waals surface area contributed by atoms with Gasteiger partial charge in [0.2, 0.25) is 0 Å². The Kier molecular flexibility index (Phi) is 4.84. The molecule has 2 rings (SSSR count). The van der Waals surface area contributed by atoms with Crippen LogP contribution in [0.4, 0.5) is 5.69 Å². The number of likely N-dealkylation sites (N-methyl/N-ethyl adjacent to an activating group) is 1. The summed E-state index contributed by atoms with van der Waals surface area (Å²) >= 11 is 0. The summed E-state index contributed by atoms with van der Waals surface area (Å²) in [6.07, 6.45) is 1.72. The third-order valence-corrected chi connectivity index (χ3v) is 3.94. The fourth-order valence-corrected chi connectivity index (χ4v) is 2.73. The number of hydrogen-bond acceptors (Lipinski definition) is 4. The number of carbonyl (C=O) groups is 1. The maximum Gasteiger partial charge on any atom is 0.320 e. The molecule has 0 radical (unpaired) electrons. The van der Waals surface area contributed by atoms with Crippen LogP contribution in [0.25, 0.3) is 0 Å². The van der Waals surface area contributed by atoms with Gasteiger partial charge >= 0.3 is 5.97 Å². The molecule has 20 heavy (non-hydrogen) atoms. The Hall–Kier alpha value is -1.75. The summed E-state index contributed by atoms with van der Waals surface area (Å²) in [4.78, 5) is 13.4. The average molecular weight is 278 g/mol. The number of rotatable bonds is 6. The lowest BCUT2D eigenvalue weighted by Crippen LogP contribution is -2.36. The van der Waals surface area contributed by atoms with Crippen LogP contribution in [0.2, 0.25) is 0 Å². The van der Waals surface area contributed by atoms with E-state index in [9.17, 15) is 4.79 Å². The van der Waals surface area contributed by atoms with Crippen molar-refractivity contribution in [2.75, 3.05) is 32.1 Å². The number of ether oxygens (including phenoxy) is 1. The van der Waals surface area contributed by atoms with Gasteiger partial charge in [0.25, 0.3) is 0 Å². The van der Waals surface area contributed by atoms with Crippen molar-refractivity contribution in [2.24, 2.45) is 5.92 Å². The number of anilines is 1. The second-order valence-corrected chi connectivity index (χ2v) is 5.21. The fraction of sp³-hybridized carbons (Fsp3) is 0.533. The van der Waals surface area contributed by atoms with Gasteiger partial charge in [0.15, 0.2) is 0 Å². The first-order chi connectivity index (χ1) is 9.63. The van der Waals surface area contributed by atoms with Gasteiger partial charge in [-0.05, 0) is 50.1 Å². The summed E-state index contributed by atoms with van der Waals surface area (Å²) in [5.41, 5.74) is 1.17. The SMILES string of the molecule is CNC(CC1CCN(c2ccc(OC)cc2)C1)C(=O)O. The van der Waals surface area contributed by atoms with E-state index < -0.39 is 12.0 Å². The first-order valence-corrected chi connectivity index (χ1v) is 6.93. The number of aliphatic carboxylic acids is 1.